The van der Waals surface area contributed by atoms with E-state index in [-0.39, 0.29) is 0 Å². The number of para-hydroxylation sites is 2. The minimum atomic E-state index is -2.78. The summed E-state index contributed by atoms with van der Waals surface area (Å²) >= 11 is 3.53. The molecule has 63 heavy (non-hydrogen) atoms. The summed E-state index contributed by atoms with van der Waals surface area (Å²) in [6, 6.07) is 27.5. The van der Waals surface area contributed by atoms with Crippen molar-refractivity contribution in [3.8, 4) is 21.1 Å². The van der Waals surface area contributed by atoms with Gasteiger partial charge in [0.1, 0.15) is 10.0 Å². The van der Waals surface area contributed by atoms with Crippen LogP contribution >= 0.6 is 73.7 Å². The highest BCUT2D eigenvalue weighted by atomic mass is 33.8. The van der Waals surface area contributed by atoms with Gasteiger partial charge in [0, 0.05) is 72.6 Å². The van der Waals surface area contributed by atoms with Crippen molar-refractivity contribution in [2.75, 3.05) is 39.6 Å². The van der Waals surface area contributed by atoms with Gasteiger partial charge in [-0.1, -0.05) is 48.5 Å². The van der Waals surface area contributed by atoms with Crippen molar-refractivity contribution in [2.45, 2.75) is 103 Å². The Morgan fingerprint density at radius 1 is 0.476 bits per heavy atom. The van der Waals surface area contributed by atoms with E-state index >= 15 is 0 Å². The lowest BCUT2D eigenvalue weighted by atomic mass is 10.0. The van der Waals surface area contributed by atoms with E-state index in [1.165, 1.54) is 52.6 Å². The van der Waals surface area contributed by atoms with Gasteiger partial charge in [-0.2, -0.15) is 0 Å². The van der Waals surface area contributed by atoms with E-state index < -0.39 is 17.6 Å². The number of benzene rings is 4. The normalized spacial score (nSPS) is 12.3. The quantitative estimate of drug-likeness (QED) is 0.0266. The molecule has 0 unspecified atom stereocenters. The first-order valence-electron chi connectivity index (χ1n) is 21.9. The van der Waals surface area contributed by atoms with E-state index in [1.807, 2.05) is 82.8 Å². The van der Waals surface area contributed by atoms with E-state index in [2.05, 4.69) is 86.6 Å². The van der Waals surface area contributed by atoms with Crippen LogP contribution in [0.4, 0.5) is 0 Å². The summed E-state index contributed by atoms with van der Waals surface area (Å²) in [6.07, 6.45) is 3.57. The number of hydrogen-bond acceptors (Lipinski definition) is 15. The van der Waals surface area contributed by atoms with Gasteiger partial charge in [0.15, 0.2) is 0 Å². The third-order valence-corrected chi connectivity index (χ3v) is 27.1. The molecule has 0 spiro atoms. The standard InChI is InChI=1S/C46H60N2O6S7Si2/c1-9-49-62(50-10-2,51-11-3)31-19-21-35-29-27-33(7)41(45-47-37-23-15-17-25-39(37)55-45)43(35)57-59-61-60-58-44-36(22-20-32-63(52-12-4,53-13-5)54-14-6)30-28-34(8)42(44)46-48-38-24-16-18-26-40(38)56-46/h15-18,23-30H,9-14,19-22,31-32H2,1-8H3. The van der Waals surface area contributed by atoms with Gasteiger partial charge in [-0.25, -0.2) is 9.97 Å². The average Bonchev–Trinajstić information content (AvgIpc) is 3.90. The number of hydrogen-bond donors (Lipinski definition) is 0. The van der Waals surface area contributed by atoms with Crippen LogP contribution in [0.25, 0.3) is 41.6 Å². The maximum absolute atomic E-state index is 6.24. The fourth-order valence-electron chi connectivity index (χ4n) is 7.62. The molecule has 0 N–H and O–H groups in total. The predicted molar refractivity (Wildman–Crippen MR) is 282 cm³/mol. The van der Waals surface area contributed by atoms with Gasteiger partial charge in [0.25, 0.3) is 0 Å². The number of aromatic nitrogens is 2. The second kappa shape index (κ2) is 25.7. The summed E-state index contributed by atoms with van der Waals surface area (Å²) in [5.41, 5.74) is 9.58. The van der Waals surface area contributed by atoms with E-state index in [0.717, 1.165) is 58.8 Å². The van der Waals surface area contributed by atoms with Crippen molar-refractivity contribution >= 4 is 112 Å². The molecular formula is C46H60N2O6S7Si2. The van der Waals surface area contributed by atoms with Gasteiger partial charge in [-0.15, -0.1) is 22.7 Å². The van der Waals surface area contributed by atoms with Gasteiger partial charge in [0.2, 0.25) is 0 Å². The lowest BCUT2D eigenvalue weighted by Crippen LogP contribution is -2.46. The minimum absolute atomic E-state index is 0.577. The third-order valence-electron chi connectivity index (χ3n) is 10.2. The molecule has 0 radical (unpaired) electrons. The Bertz CT molecular complexity index is 2100. The summed E-state index contributed by atoms with van der Waals surface area (Å²) < 4.78 is 39.8. The van der Waals surface area contributed by atoms with Crippen molar-refractivity contribution < 1.29 is 26.6 Å². The molecule has 0 fully saturated rings. The molecule has 0 amide bonds. The van der Waals surface area contributed by atoms with E-state index in [1.54, 1.807) is 32.5 Å². The number of rotatable bonds is 28. The molecule has 0 aliphatic heterocycles. The molecule has 0 saturated heterocycles. The first kappa shape index (κ1) is 51.0. The van der Waals surface area contributed by atoms with Gasteiger partial charge in [0.05, 0.1) is 20.4 Å². The molecule has 0 atom stereocenters. The van der Waals surface area contributed by atoms with E-state index in [0.29, 0.717) is 39.6 Å². The molecule has 6 rings (SSSR count). The van der Waals surface area contributed by atoms with Crippen LogP contribution in [-0.4, -0.2) is 67.2 Å². The smallest absolute Gasteiger partial charge is 0.374 e. The molecule has 0 saturated carbocycles. The molecule has 340 valence electrons. The van der Waals surface area contributed by atoms with Crippen molar-refractivity contribution in [2.24, 2.45) is 0 Å². The summed E-state index contributed by atoms with van der Waals surface area (Å²) in [4.78, 5) is 12.9. The molecule has 0 aliphatic rings. The fourth-order valence-corrected chi connectivity index (χ4v) is 24.3. The second-order valence-electron chi connectivity index (χ2n) is 14.5. The second-order valence-corrected chi connectivity index (χ2v) is 29.5. The van der Waals surface area contributed by atoms with Gasteiger partial charge in [-0.05, 0) is 179 Å². The summed E-state index contributed by atoms with van der Waals surface area (Å²) in [6.45, 7) is 20.0. The van der Waals surface area contributed by atoms with Crippen LogP contribution in [0.3, 0.4) is 0 Å². The number of aryl methyl sites for hydroxylation is 4. The van der Waals surface area contributed by atoms with Crippen LogP contribution in [0.5, 0.6) is 0 Å². The topological polar surface area (TPSA) is 81.2 Å². The van der Waals surface area contributed by atoms with Gasteiger partial charge in [-0.3, -0.25) is 0 Å². The highest BCUT2D eigenvalue weighted by Crippen LogP contribution is 2.57. The Morgan fingerprint density at radius 2 is 0.841 bits per heavy atom. The molecule has 6 aromatic rings. The molecule has 4 aromatic carbocycles. The Hall–Kier alpha value is -1.40. The molecular weight excluding hydrogens is 957 g/mol. The molecule has 2 aromatic heterocycles. The van der Waals surface area contributed by atoms with Crippen molar-refractivity contribution in [3.63, 3.8) is 0 Å². The summed E-state index contributed by atoms with van der Waals surface area (Å²) in [5, 5.41) is 2.12. The average molecular weight is 1020 g/mol. The maximum atomic E-state index is 6.24. The first-order valence-corrected chi connectivity index (χ1v) is 33.5. The summed E-state index contributed by atoms with van der Waals surface area (Å²) in [5.74, 6) is 0. The zero-order valence-corrected chi connectivity index (χ0v) is 45.3. The Labute approximate surface area is 403 Å². The molecule has 17 heteroatoms. The highest BCUT2D eigenvalue weighted by Gasteiger charge is 2.41. The van der Waals surface area contributed by atoms with Crippen molar-refractivity contribution in [3.05, 3.63) is 95.1 Å². The lowest BCUT2D eigenvalue weighted by molar-refractivity contribution is 0.0700. The Kier molecular flexibility index (Phi) is 20.8. The fraction of sp³-hybridized carbons (Fsp3) is 0.435. The molecule has 8 nitrogen and oxygen atoms in total. The monoisotopic (exact) mass is 1020 g/mol. The Morgan fingerprint density at radius 3 is 1.19 bits per heavy atom. The highest BCUT2D eigenvalue weighted by molar-refractivity contribution is 9.35. The number of fused-ring (bicyclic) bond motifs is 2. The number of thiazole rings is 2. The molecule has 0 bridgehead atoms. The molecule has 2 heterocycles. The largest absolute Gasteiger partial charge is 0.500 e. The van der Waals surface area contributed by atoms with Crippen LogP contribution in [0, 0.1) is 13.8 Å². The van der Waals surface area contributed by atoms with Crippen LogP contribution in [0.1, 0.15) is 76.6 Å². The first-order chi connectivity index (χ1) is 30.7. The lowest BCUT2D eigenvalue weighted by Gasteiger charge is -2.28. The SMILES string of the molecule is CCO[Si](CCCc1ccc(C)c(-c2nc3ccccc3s2)c1SSSSSc1c(CCC[Si](OCC)(OCC)OCC)ccc(C)c1-c1nc2ccccc2s1)(OCC)OCC. The van der Waals surface area contributed by atoms with E-state index in [4.69, 9.17) is 36.5 Å². The van der Waals surface area contributed by atoms with Crippen LogP contribution in [-0.2, 0) is 39.4 Å². The van der Waals surface area contributed by atoms with Crippen LogP contribution in [0.15, 0.2) is 82.6 Å². The van der Waals surface area contributed by atoms with Gasteiger partial charge >= 0.3 is 17.6 Å². The van der Waals surface area contributed by atoms with Gasteiger partial charge < -0.3 is 26.6 Å². The van der Waals surface area contributed by atoms with Crippen LogP contribution in [0.2, 0.25) is 12.1 Å². The van der Waals surface area contributed by atoms with Crippen molar-refractivity contribution in [1.29, 1.82) is 0 Å². The predicted octanol–water partition coefficient (Wildman–Crippen LogP) is 15.6. The Balaban J connectivity index is 1.26. The maximum Gasteiger partial charge on any atom is 0.500 e. The molecule has 0 aliphatic carbocycles. The zero-order valence-electron chi connectivity index (χ0n) is 37.6. The zero-order chi connectivity index (χ0) is 44.7. The number of nitrogens with zero attached hydrogens (tertiary/aromatic N) is 2. The van der Waals surface area contributed by atoms with Crippen LogP contribution < -0.4 is 0 Å². The van der Waals surface area contributed by atoms with Crippen molar-refractivity contribution in [1.82, 2.24) is 9.97 Å². The van der Waals surface area contributed by atoms with E-state index in [9.17, 15) is 0 Å². The third kappa shape index (κ3) is 13.4. The minimum Gasteiger partial charge on any atom is -0.374 e. The summed E-state index contributed by atoms with van der Waals surface area (Å²) in [7, 11) is 3.55.